The maximum Gasteiger partial charge on any atom is 0.164 e. The molecule has 0 fully saturated rings. The zero-order valence-electron chi connectivity index (χ0n) is 30.4. The van der Waals surface area contributed by atoms with E-state index in [2.05, 4.69) is 120 Å². The van der Waals surface area contributed by atoms with E-state index < -0.39 is 0 Å². The van der Waals surface area contributed by atoms with Gasteiger partial charge in [-0.3, -0.25) is 0 Å². The molecule has 0 aliphatic carbocycles. The van der Waals surface area contributed by atoms with Crippen molar-refractivity contribution >= 4 is 65.7 Å². The van der Waals surface area contributed by atoms with Gasteiger partial charge in [-0.2, -0.15) is 0 Å². The largest absolute Gasteiger partial charge is 0.456 e. The number of hydrogen-bond acceptors (Lipinski definition) is 5. The zero-order chi connectivity index (χ0) is 37.5. The molecule has 12 aromatic rings. The summed E-state index contributed by atoms with van der Waals surface area (Å²) in [6.07, 6.45) is 0. The minimum absolute atomic E-state index is 0.562. The van der Waals surface area contributed by atoms with Gasteiger partial charge in [-0.05, 0) is 60.2 Å². The van der Waals surface area contributed by atoms with Gasteiger partial charge in [-0.25, -0.2) is 15.0 Å². The molecule has 0 aliphatic heterocycles. The van der Waals surface area contributed by atoms with Crippen molar-refractivity contribution in [1.82, 2.24) is 19.5 Å². The zero-order valence-corrected chi connectivity index (χ0v) is 30.4. The summed E-state index contributed by atoms with van der Waals surface area (Å²) < 4.78 is 15.2. The molecule has 0 spiro atoms. The van der Waals surface area contributed by atoms with Crippen molar-refractivity contribution in [3.8, 4) is 51.0 Å². The predicted molar refractivity (Wildman–Crippen MR) is 230 cm³/mol. The van der Waals surface area contributed by atoms with Crippen LogP contribution in [0.4, 0.5) is 0 Å². The number of fused-ring (bicyclic) bond motifs is 9. The van der Waals surface area contributed by atoms with E-state index in [4.69, 9.17) is 23.8 Å². The van der Waals surface area contributed by atoms with Crippen molar-refractivity contribution in [2.45, 2.75) is 0 Å². The molecule has 6 heteroatoms. The lowest BCUT2D eigenvalue weighted by Gasteiger charge is -2.11. The first kappa shape index (κ1) is 31.5. The summed E-state index contributed by atoms with van der Waals surface area (Å²) in [5, 5.41) is 6.52. The maximum atomic E-state index is 6.57. The van der Waals surface area contributed by atoms with Crippen molar-refractivity contribution in [2.75, 3.05) is 0 Å². The van der Waals surface area contributed by atoms with Crippen LogP contribution in [0, 0.1) is 0 Å². The van der Waals surface area contributed by atoms with Gasteiger partial charge in [0.05, 0.1) is 11.0 Å². The Morgan fingerprint density at radius 2 is 0.982 bits per heavy atom. The minimum Gasteiger partial charge on any atom is -0.456 e. The van der Waals surface area contributed by atoms with E-state index in [1.807, 2.05) is 66.7 Å². The summed E-state index contributed by atoms with van der Waals surface area (Å²) >= 11 is 0. The van der Waals surface area contributed by atoms with Gasteiger partial charge in [0.25, 0.3) is 0 Å². The number of hydrogen-bond donors (Lipinski definition) is 0. The van der Waals surface area contributed by atoms with Crippen molar-refractivity contribution in [1.29, 1.82) is 0 Å². The molecule has 0 saturated heterocycles. The molecule has 0 atom stereocenters. The molecule has 0 aliphatic rings. The standard InChI is InChI=1S/C51H30N4O2/c1-3-13-31(14-4-1)49-52-50(54-51(53-49)40-21-12-24-45-47(40)39-18-8-10-23-43(39)56-45)33-25-27-37-41-29-32(26-28-44(41)57-46(37)30-33)35-19-11-20-38-36-17-7-9-22-42(36)55(48(35)38)34-15-5-2-6-16-34/h1-30H. The first-order valence-electron chi connectivity index (χ1n) is 19.0. The van der Waals surface area contributed by atoms with Crippen LogP contribution in [-0.2, 0) is 0 Å². The van der Waals surface area contributed by atoms with Crippen LogP contribution in [0.15, 0.2) is 191 Å². The second kappa shape index (κ2) is 12.3. The van der Waals surface area contributed by atoms with Crippen molar-refractivity contribution in [3.05, 3.63) is 182 Å². The molecule has 12 rings (SSSR count). The Kier molecular flexibility index (Phi) is 6.83. The van der Waals surface area contributed by atoms with Crippen LogP contribution in [-0.4, -0.2) is 19.5 Å². The van der Waals surface area contributed by atoms with Crippen molar-refractivity contribution in [2.24, 2.45) is 0 Å². The van der Waals surface area contributed by atoms with Gasteiger partial charge in [-0.15, -0.1) is 0 Å². The molecule has 4 heterocycles. The summed E-state index contributed by atoms with van der Waals surface area (Å²) in [6, 6.07) is 62.8. The highest BCUT2D eigenvalue weighted by molar-refractivity contribution is 6.15. The summed E-state index contributed by atoms with van der Waals surface area (Å²) in [6.45, 7) is 0. The van der Waals surface area contributed by atoms with E-state index in [0.29, 0.717) is 17.5 Å². The van der Waals surface area contributed by atoms with Gasteiger partial charge < -0.3 is 13.4 Å². The summed E-state index contributed by atoms with van der Waals surface area (Å²) in [5.74, 6) is 1.73. The summed E-state index contributed by atoms with van der Waals surface area (Å²) in [4.78, 5) is 15.2. The minimum atomic E-state index is 0.562. The van der Waals surface area contributed by atoms with E-state index in [9.17, 15) is 0 Å². The normalized spacial score (nSPS) is 11.9. The van der Waals surface area contributed by atoms with Gasteiger partial charge in [0.15, 0.2) is 17.5 Å². The molecule has 57 heavy (non-hydrogen) atoms. The number of aromatic nitrogens is 4. The van der Waals surface area contributed by atoms with E-state index in [0.717, 1.165) is 77.4 Å². The molecule has 0 bridgehead atoms. The quantitative estimate of drug-likeness (QED) is 0.176. The maximum absolute atomic E-state index is 6.57. The van der Waals surface area contributed by atoms with Crippen molar-refractivity contribution in [3.63, 3.8) is 0 Å². The lowest BCUT2D eigenvalue weighted by molar-refractivity contribution is 0.668. The van der Waals surface area contributed by atoms with E-state index >= 15 is 0 Å². The number of nitrogens with zero attached hydrogens (tertiary/aromatic N) is 4. The fourth-order valence-corrected chi connectivity index (χ4v) is 8.48. The molecule has 0 saturated carbocycles. The second-order valence-corrected chi connectivity index (χ2v) is 14.4. The smallest absolute Gasteiger partial charge is 0.164 e. The van der Waals surface area contributed by atoms with E-state index in [1.54, 1.807) is 0 Å². The molecule has 4 aromatic heterocycles. The molecule has 266 valence electrons. The molecule has 0 amide bonds. The topological polar surface area (TPSA) is 69.9 Å². The van der Waals surface area contributed by atoms with E-state index in [-0.39, 0.29) is 0 Å². The van der Waals surface area contributed by atoms with Crippen molar-refractivity contribution < 1.29 is 8.83 Å². The lowest BCUT2D eigenvalue weighted by atomic mass is 9.99. The van der Waals surface area contributed by atoms with Crippen LogP contribution >= 0.6 is 0 Å². The summed E-state index contributed by atoms with van der Waals surface area (Å²) in [7, 11) is 0. The molecular weight excluding hydrogens is 701 g/mol. The van der Waals surface area contributed by atoms with Crippen LogP contribution in [0.25, 0.3) is 117 Å². The van der Waals surface area contributed by atoms with Gasteiger partial charge in [0.1, 0.15) is 22.3 Å². The predicted octanol–water partition coefficient (Wildman–Crippen LogP) is 13.4. The molecule has 8 aromatic carbocycles. The highest BCUT2D eigenvalue weighted by Crippen LogP contribution is 2.41. The fourth-order valence-electron chi connectivity index (χ4n) is 8.48. The highest BCUT2D eigenvalue weighted by Gasteiger charge is 2.20. The Hall–Kier alpha value is -7.83. The van der Waals surface area contributed by atoms with Crippen LogP contribution in [0.3, 0.4) is 0 Å². The Labute approximate surface area is 325 Å². The third-order valence-electron chi connectivity index (χ3n) is 11.1. The molecule has 0 unspecified atom stereocenters. The lowest BCUT2D eigenvalue weighted by Crippen LogP contribution is -2.00. The van der Waals surface area contributed by atoms with Crippen LogP contribution in [0.1, 0.15) is 0 Å². The van der Waals surface area contributed by atoms with Gasteiger partial charge >= 0.3 is 0 Å². The number of furan rings is 2. The number of benzene rings is 8. The Morgan fingerprint density at radius 1 is 0.351 bits per heavy atom. The molecular formula is C51H30N4O2. The average Bonchev–Trinajstić information content (AvgIpc) is 3.96. The molecule has 6 nitrogen and oxygen atoms in total. The first-order valence-corrected chi connectivity index (χ1v) is 19.0. The number of para-hydroxylation sites is 4. The van der Waals surface area contributed by atoms with Gasteiger partial charge in [-0.1, -0.05) is 127 Å². The van der Waals surface area contributed by atoms with Crippen LogP contribution in [0.2, 0.25) is 0 Å². The SMILES string of the molecule is c1ccc(-c2nc(-c3ccc4c(c3)oc3ccc(-c5cccc6c7ccccc7n(-c7ccccc7)c56)cc34)nc(-c3cccc4oc5ccccc5c34)n2)cc1. The second-order valence-electron chi connectivity index (χ2n) is 14.4. The monoisotopic (exact) mass is 730 g/mol. The third-order valence-corrected chi connectivity index (χ3v) is 11.1. The highest BCUT2D eigenvalue weighted by atomic mass is 16.3. The summed E-state index contributed by atoms with van der Waals surface area (Å²) in [5.41, 5.74) is 11.6. The fraction of sp³-hybridized carbons (Fsp3) is 0. The number of rotatable bonds is 5. The average molecular weight is 731 g/mol. The van der Waals surface area contributed by atoms with Crippen LogP contribution < -0.4 is 0 Å². The Morgan fingerprint density at radius 3 is 1.86 bits per heavy atom. The Bertz CT molecular complexity index is 3530. The third kappa shape index (κ3) is 4.94. The van der Waals surface area contributed by atoms with E-state index in [1.165, 1.54) is 21.8 Å². The van der Waals surface area contributed by atoms with Gasteiger partial charge in [0, 0.05) is 60.3 Å². The molecule has 0 radical (unpaired) electrons. The Balaban J connectivity index is 1.02. The van der Waals surface area contributed by atoms with Gasteiger partial charge in [0.2, 0.25) is 0 Å². The molecule has 0 N–H and O–H groups in total. The first-order chi connectivity index (χ1) is 28.2. The van der Waals surface area contributed by atoms with Crippen LogP contribution in [0.5, 0.6) is 0 Å².